The number of carbonyl (C=O) groups excluding carboxylic acids is 3. The van der Waals surface area contributed by atoms with E-state index in [1.54, 1.807) is 48.5 Å². The van der Waals surface area contributed by atoms with Crippen molar-refractivity contribution in [1.82, 2.24) is 5.32 Å². The lowest BCUT2D eigenvalue weighted by Gasteiger charge is -2.11. The van der Waals surface area contributed by atoms with Crippen LogP contribution in [-0.2, 0) is 16.1 Å². The van der Waals surface area contributed by atoms with Crippen LogP contribution in [0.25, 0.3) is 0 Å². The Hall–Kier alpha value is -4.07. The van der Waals surface area contributed by atoms with Crippen LogP contribution in [0.1, 0.15) is 26.5 Å². The topological polar surface area (TPSA) is 107 Å². The lowest BCUT2D eigenvalue weighted by molar-refractivity contribution is -0.119. The smallest absolute Gasteiger partial charge is 0.338 e. The van der Waals surface area contributed by atoms with Crippen molar-refractivity contribution in [2.75, 3.05) is 19.0 Å². The molecule has 30 heavy (non-hydrogen) atoms. The molecule has 0 aliphatic rings. The highest BCUT2D eigenvalue weighted by atomic mass is 16.5. The zero-order valence-corrected chi connectivity index (χ0v) is 16.2. The van der Waals surface area contributed by atoms with Gasteiger partial charge in [0.1, 0.15) is 11.5 Å². The van der Waals surface area contributed by atoms with Gasteiger partial charge in [0.05, 0.1) is 36.7 Å². The summed E-state index contributed by atoms with van der Waals surface area (Å²) < 4.78 is 15.2. The van der Waals surface area contributed by atoms with E-state index >= 15 is 0 Å². The van der Waals surface area contributed by atoms with Crippen molar-refractivity contribution in [1.29, 1.82) is 0 Å². The third kappa shape index (κ3) is 5.48. The van der Waals surface area contributed by atoms with Crippen molar-refractivity contribution >= 4 is 23.5 Å². The maximum absolute atomic E-state index is 12.4. The van der Waals surface area contributed by atoms with E-state index in [0.29, 0.717) is 22.8 Å². The van der Waals surface area contributed by atoms with Gasteiger partial charge in [0.2, 0.25) is 0 Å². The van der Waals surface area contributed by atoms with Crippen molar-refractivity contribution in [3.05, 3.63) is 83.8 Å². The number of hydrogen-bond acceptors (Lipinski definition) is 6. The van der Waals surface area contributed by atoms with Gasteiger partial charge in [0, 0.05) is 0 Å². The summed E-state index contributed by atoms with van der Waals surface area (Å²) in [4.78, 5) is 36.7. The summed E-state index contributed by atoms with van der Waals surface area (Å²) in [6, 6.07) is 16.3. The molecule has 2 N–H and O–H groups in total. The van der Waals surface area contributed by atoms with Gasteiger partial charge in [-0.25, -0.2) is 4.79 Å². The van der Waals surface area contributed by atoms with Crippen LogP contribution >= 0.6 is 0 Å². The van der Waals surface area contributed by atoms with Crippen LogP contribution in [0.15, 0.2) is 71.3 Å². The predicted molar refractivity (Wildman–Crippen MR) is 108 cm³/mol. The molecule has 0 unspecified atom stereocenters. The molecule has 0 saturated carbocycles. The normalized spacial score (nSPS) is 10.2. The fourth-order valence-corrected chi connectivity index (χ4v) is 2.59. The van der Waals surface area contributed by atoms with E-state index in [-0.39, 0.29) is 18.0 Å². The molecular formula is C22H20N2O6. The molecule has 0 spiro atoms. The van der Waals surface area contributed by atoms with E-state index in [1.165, 1.54) is 25.5 Å². The predicted octanol–water partition coefficient (Wildman–Crippen LogP) is 3.01. The summed E-state index contributed by atoms with van der Waals surface area (Å²) in [6.07, 6.45) is 1.52. The third-order valence-electron chi connectivity index (χ3n) is 4.11. The molecule has 1 aromatic heterocycles. The summed E-state index contributed by atoms with van der Waals surface area (Å²) in [7, 11) is 1.52. The number of esters is 1. The van der Waals surface area contributed by atoms with E-state index in [4.69, 9.17) is 13.9 Å². The van der Waals surface area contributed by atoms with Gasteiger partial charge in [-0.05, 0) is 48.5 Å². The second-order valence-corrected chi connectivity index (χ2v) is 6.16. The number of anilines is 1. The fourth-order valence-electron chi connectivity index (χ4n) is 2.59. The van der Waals surface area contributed by atoms with E-state index in [2.05, 4.69) is 10.6 Å². The van der Waals surface area contributed by atoms with Crippen molar-refractivity contribution in [2.24, 2.45) is 0 Å². The van der Waals surface area contributed by atoms with Gasteiger partial charge in [0.15, 0.2) is 6.61 Å². The van der Waals surface area contributed by atoms with Gasteiger partial charge in [-0.1, -0.05) is 12.1 Å². The lowest BCUT2D eigenvalue weighted by atomic mass is 10.1. The van der Waals surface area contributed by atoms with E-state index in [9.17, 15) is 14.4 Å². The van der Waals surface area contributed by atoms with Crippen LogP contribution in [-0.4, -0.2) is 31.5 Å². The minimum absolute atomic E-state index is 0.216. The summed E-state index contributed by atoms with van der Waals surface area (Å²) in [5.41, 5.74) is 0.875. The summed E-state index contributed by atoms with van der Waals surface area (Å²) in [5.74, 6) is -0.375. The molecule has 0 saturated heterocycles. The Morgan fingerprint density at radius 2 is 1.73 bits per heavy atom. The van der Waals surface area contributed by atoms with Crippen LogP contribution in [0.3, 0.4) is 0 Å². The first-order valence-corrected chi connectivity index (χ1v) is 9.07. The average Bonchev–Trinajstić information content (AvgIpc) is 3.30. The molecule has 0 radical (unpaired) electrons. The SMILES string of the molecule is COc1ccc(C(=O)OCC(=O)Nc2ccccc2C(=O)NCc2ccco2)cc1. The second-order valence-electron chi connectivity index (χ2n) is 6.16. The average molecular weight is 408 g/mol. The molecule has 0 aliphatic carbocycles. The number of furan rings is 1. The number of rotatable bonds is 8. The van der Waals surface area contributed by atoms with Crippen LogP contribution in [0.5, 0.6) is 5.75 Å². The molecular weight excluding hydrogens is 388 g/mol. The van der Waals surface area contributed by atoms with Gasteiger partial charge in [-0.2, -0.15) is 0 Å². The molecule has 1 heterocycles. The van der Waals surface area contributed by atoms with Crippen LogP contribution in [0, 0.1) is 0 Å². The Kier molecular flexibility index (Phi) is 6.83. The molecule has 3 aromatic rings. The highest BCUT2D eigenvalue weighted by Gasteiger charge is 2.15. The van der Waals surface area contributed by atoms with Gasteiger partial charge in [0.25, 0.3) is 11.8 Å². The zero-order chi connectivity index (χ0) is 21.3. The van der Waals surface area contributed by atoms with Crippen molar-refractivity contribution < 1.29 is 28.3 Å². The molecule has 0 atom stereocenters. The first-order chi connectivity index (χ1) is 14.6. The number of para-hydroxylation sites is 1. The second kappa shape index (κ2) is 9.92. The van der Waals surface area contributed by atoms with Crippen molar-refractivity contribution in [2.45, 2.75) is 6.54 Å². The molecule has 0 aliphatic heterocycles. The molecule has 2 aromatic carbocycles. The number of hydrogen-bond donors (Lipinski definition) is 2. The Bertz CT molecular complexity index is 1010. The van der Waals surface area contributed by atoms with Gasteiger partial charge >= 0.3 is 5.97 Å². The summed E-state index contributed by atoms with van der Waals surface area (Å²) in [5, 5.41) is 5.31. The first kappa shape index (κ1) is 20.7. The highest BCUT2D eigenvalue weighted by molar-refractivity contribution is 6.04. The number of methoxy groups -OCH3 is 1. The molecule has 0 fully saturated rings. The van der Waals surface area contributed by atoms with Crippen LogP contribution in [0.4, 0.5) is 5.69 Å². The quantitative estimate of drug-likeness (QED) is 0.555. The Morgan fingerprint density at radius 1 is 0.967 bits per heavy atom. The standard InChI is InChI=1S/C22H20N2O6/c1-28-16-10-8-15(9-11-16)22(27)30-14-20(25)24-19-7-3-2-6-18(19)21(26)23-13-17-5-4-12-29-17/h2-12H,13-14H2,1H3,(H,23,26)(H,24,25). The first-order valence-electron chi connectivity index (χ1n) is 9.07. The fraction of sp³-hybridized carbons (Fsp3) is 0.136. The molecule has 154 valence electrons. The monoisotopic (exact) mass is 408 g/mol. The number of nitrogens with one attached hydrogen (secondary N) is 2. The lowest BCUT2D eigenvalue weighted by Crippen LogP contribution is -2.26. The minimum Gasteiger partial charge on any atom is -0.497 e. The van der Waals surface area contributed by atoms with Gasteiger partial charge in [-0.15, -0.1) is 0 Å². The molecule has 8 nitrogen and oxygen atoms in total. The van der Waals surface area contributed by atoms with Gasteiger partial charge in [-0.3, -0.25) is 9.59 Å². The molecule has 3 rings (SSSR count). The Labute approximate surface area is 172 Å². The van der Waals surface area contributed by atoms with E-state index < -0.39 is 18.5 Å². The maximum Gasteiger partial charge on any atom is 0.338 e. The molecule has 8 heteroatoms. The number of carbonyl (C=O) groups is 3. The third-order valence-corrected chi connectivity index (χ3v) is 4.11. The molecule has 2 amide bonds. The van der Waals surface area contributed by atoms with Crippen molar-refractivity contribution in [3.63, 3.8) is 0 Å². The van der Waals surface area contributed by atoms with Crippen LogP contribution < -0.4 is 15.4 Å². The summed E-state index contributed by atoms with van der Waals surface area (Å²) in [6.45, 7) is -0.277. The molecule has 0 bridgehead atoms. The minimum atomic E-state index is -0.641. The largest absolute Gasteiger partial charge is 0.497 e. The van der Waals surface area contributed by atoms with Crippen molar-refractivity contribution in [3.8, 4) is 5.75 Å². The Balaban J connectivity index is 1.55. The Morgan fingerprint density at radius 3 is 2.43 bits per heavy atom. The number of benzene rings is 2. The number of ether oxygens (including phenoxy) is 2. The van der Waals surface area contributed by atoms with E-state index in [1.807, 2.05) is 0 Å². The van der Waals surface area contributed by atoms with E-state index in [0.717, 1.165) is 0 Å². The highest BCUT2D eigenvalue weighted by Crippen LogP contribution is 2.16. The van der Waals surface area contributed by atoms with Gasteiger partial charge < -0.3 is 24.5 Å². The van der Waals surface area contributed by atoms with Crippen LogP contribution in [0.2, 0.25) is 0 Å². The number of amides is 2. The zero-order valence-electron chi connectivity index (χ0n) is 16.2. The summed E-state index contributed by atoms with van der Waals surface area (Å²) >= 11 is 0. The maximum atomic E-state index is 12.4.